The van der Waals surface area contributed by atoms with Gasteiger partial charge in [0.05, 0.1) is 11.6 Å². The molecule has 3 N–H and O–H groups in total. The number of nitrogens with two attached hydrogens (primary N) is 1. The molecule has 0 spiro atoms. The van der Waals surface area contributed by atoms with Crippen LogP contribution in [0, 0.1) is 5.82 Å². The van der Waals surface area contributed by atoms with Gasteiger partial charge in [0.25, 0.3) is 0 Å². The number of halogens is 1. The number of carbonyl (C=O) groups excluding carboxylic acids is 1. The smallest absolute Gasteiger partial charge is 0.237 e. The third kappa shape index (κ3) is 4.81. The molecule has 2 atom stereocenters. The summed E-state index contributed by atoms with van der Waals surface area (Å²) in [6.45, 7) is 7.52. The Morgan fingerprint density at radius 2 is 1.90 bits per heavy atom. The largest absolute Gasteiger partial charge is 0.491 e. The number of amides is 1. The molecular weight excluding hydrogens is 259 g/mol. The minimum Gasteiger partial charge on any atom is -0.491 e. The fourth-order valence-corrected chi connectivity index (χ4v) is 2.23. The van der Waals surface area contributed by atoms with Gasteiger partial charge in [-0.25, -0.2) is 4.39 Å². The van der Waals surface area contributed by atoms with E-state index >= 15 is 0 Å². The highest BCUT2D eigenvalue weighted by molar-refractivity contribution is 5.84. The van der Waals surface area contributed by atoms with E-state index in [9.17, 15) is 9.18 Å². The summed E-state index contributed by atoms with van der Waals surface area (Å²) >= 11 is 0. The molecule has 0 saturated carbocycles. The molecule has 0 aliphatic rings. The van der Waals surface area contributed by atoms with Gasteiger partial charge in [-0.2, -0.15) is 0 Å². The molecule has 5 heteroatoms. The molecule has 0 heterocycles. The van der Waals surface area contributed by atoms with Gasteiger partial charge in [-0.3, -0.25) is 4.79 Å². The van der Waals surface area contributed by atoms with Crippen LogP contribution in [0.2, 0.25) is 0 Å². The predicted molar refractivity (Wildman–Crippen MR) is 77.0 cm³/mol. The Morgan fingerprint density at radius 3 is 2.35 bits per heavy atom. The maximum Gasteiger partial charge on any atom is 0.237 e. The Balaban J connectivity index is 2.69. The van der Waals surface area contributed by atoms with E-state index in [1.807, 2.05) is 20.8 Å². The van der Waals surface area contributed by atoms with Gasteiger partial charge in [-0.1, -0.05) is 0 Å². The molecule has 0 aromatic heterocycles. The van der Waals surface area contributed by atoms with Gasteiger partial charge in [-0.05, 0) is 52.0 Å². The molecule has 20 heavy (non-hydrogen) atoms. The Morgan fingerprint density at radius 1 is 1.35 bits per heavy atom. The molecule has 1 aromatic carbocycles. The van der Waals surface area contributed by atoms with Gasteiger partial charge in [0.1, 0.15) is 11.6 Å². The van der Waals surface area contributed by atoms with E-state index in [4.69, 9.17) is 10.5 Å². The minimum absolute atomic E-state index is 0.130. The maximum absolute atomic E-state index is 12.8. The highest BCUT2D eigenvalue weighted by atomic mass is 19.1. The second-order valence-corrected chi connectivity index (χ2v) is 5.58. The molecule has 0 bridgehead atoms. The van der Waals surface area contributed by atoms with Crippen molar-refractivity contribution in [3.8, 4) is 5.75 Å². The molecule has 1 amide bonds. The normalized spacial score (nSPS) is 15.7. The first-order chi connectivity index (χ1) is 9.23. The fraction of sp³-hybridized carbons (Fsp3) is 0.533. The summed E-state index contributed by atoms with van der Waals surface area (Å²) in [6.07, 6.45) is 0.196. The lowest BCUT2D eigenvalue weighted by molar-refractivity contribution is -0.125. The molecule has 4 nitrogen and oxygen atoms in total. The third-order valence-corrected chi connectivity index (χ3v) is 3.00. The van der Waals surface area contributed by atoms with E-state index in [1.54, 1.807) is 19.1 Å². The van der Waals surface area contributed by atoms with E-state index in [2.05, 4.69) is 5.32 Å². The van der Waals surface area contributed by atoms with Crippen molar-refractivity contribution in [2.75, 3.05) is 0 Å². The summed E-state index contributed by atoms with van der Waals surface area (Å²) in [5, 5.41) is 3.17. The third-order valence-electron chi connectivity index (χ3n) is 3.00. The summed E-state index contributed by atoms with van der Waals surface area (Å²) in [5.74, 6) is -0.163. The second kappa shape index (κ2) is 6.70. The lowest BCUT2D eigenvalue weighted by Crippen LogP contribution is -2.57. The standard InChI is InChI=1S/C15H23FN2O2/c1-10(2)18-15(4,14(17)19)9-11(3)20-13-7-5-12(16)6-8-13/h5-8,10-11,18H,9H2,1-4H3,(H2,17,19). The number of carbonyl (C=O) groups is 1. The molecule has 112 valence electrons. The van der Waals surface area contributed by atoms with Gasteiger partial charge in [0.2, 0.25) is 5.91 Å². The van der Waals surface area contributed by atoms with Crippen molar-refractivity contribution in [3.05, 3.63) is 30.1 Å². The lowest BCUT2D eigenvalue weighted by Gasteiger charge is -2.32. The van der Waals surface area contributed by atoms with Crippen LogP contribution in [0.25, 0.3) is 0 Å². The van der Waals surface area contributed by atoms with Crippen molar-refractivity contribution < 1.29 is 13.9 Å². The molecule has 0 fully saturated rings. The van der Waals surface area contributed by atoms with Gasteiger partial charge in [0, 0.05) is 12.5 Å². The Kier molecular flexibility index (Phi) is 5.51. The van der Waals surface area contributed by atoms with Crippen molar-refractivity contribution >= 4 is 5.91 Å². The first-order valence-electron chi connectivity index (χ1n) is 6.73. The van der Waals surface area contributed by atoms with Crippen molar-refractivity contribution in [1.29, 1.82) is 0 Å². The zero-order valence-electron chi connectivity index (χ0n) is 12.4. The van der Waals surface area contributed by atoms with Crippen molar-refractivity contribution in [3.63, 3.8) is 0 Å². The van der Waals surface area contributed by atoms with E-state index in [0.29, 0.717) is 12.2 Å². The number of hydrogen-bond acceptors (Lipinski definition) is 3. The van der Waals surface area contributed by atoms with Gasteiger partial charge < -0.3 is 15.8 Å². The van der Waals surface area contributed by atoms with Crippen LogP contribution in [0.3, 0.4) is 0 Å². The number of nitrogens with one attached hydrogen (secondary N) is 1. The highest BCUT2D eigenvalue weighted by Crippen LogP contribution is 2.19. The number of benzene rings is 1. The molecule has 0 saturated heterocycles. The van der Waals surface area contributed by atoms with Crippen LogP contribution in [-0.4, -0.2) is 23.6 Å². The number of hydrogen-bond donors (Lipinski definition) is 2. The molecule has 1 rings (SSSR count). The summed E-state index contributed by atoms with van der Waals surface area (Å²) < 4.78 is 18.5. The number of ether oxygens (including phenoxy) is 1. The lowest BCUT2D eigenvalue weighted by atomic mass is 9.93. The maximum atomic E-state index is 12.8. The molecular formula is C15H23FN2O2. The van der Waals surface area contributed by atoms with E-state index in [1.165, 1.54) is 12.1 Å². The molecule has 0 aliphatic carbocycles. The van der Waals surface area contributed by atoms with Crippen LogP contribution in [0.4, 0.5) is 4.39 Å². The van der Waals surface area contributed by atoms with Crippen molar-refractivity contribution in [1.82, 2.24) is 5.32 Å². The monoisotopic (exact) mass is 282 g/mol. The van der Waals surface area contributed by atoms with Gasteiger partial charge in [0.15, 0.2) is 0 Å². The number of rotatable bonds is 7. The second-order valence-electron chi connectivity index (χ2n) is 5.58. The van der Waals surface area contributed by atoms with Crippen molar-refractivity contribution in [2.45, 2.75) is 51.8 Å². The zero-order valence-corrected chi connectivity index (χ0v) is 12.4. The van der Waals surface area contributed by atoms with E-state index < -0.39 is 11.4 Å². The minimum atomic E-state index is -0.840. The summed E-state index contributed by atoms with van der Waals surface area (Å²) in [7, 11) is 0. The van der Waals surface area contributed by atoms with Gasteiger partial charge >= 0.3 is 0 Å². The van der Waals surface area contributed by atoms with Crippen LogP contribution in [-0.2, 0) is 4.79 Å². The first-order valence-corrected chi connectivity index (χ1v) is 6.73. The zero-order chi connectivity index (χ0) is 15.3. The van der Waals surface area contributed by atoms with Crippen LogP contribution < -0.4 is 15.8 Å². The van der Waals surface area contributed by atoms with Gasteiger partial charge in [-0.15, -0.1) is 0 Å². The predicted octanol–water partition coefficient (Wildman–Crippen LogP) is 2.23. The Labute approximate surface area is 119 Å². The average Bonchev–Trinajstić information content (AvgIpc) is 2.30. The molecule has 0 aliphatic heterocycles. The van der Waals surface area contributed by atoms with E-state index in [-0.39, 0.29) is 18.0 Å². The molecule has 1 aromatic rings. The Bertz CT molecular complexity index is 448. The van der Waals surface area contributed by atoms with Crippen molar-refractivity contribution in [2.24, 2.45) is 5.73 Å². The van der Waals surface area contributed by atoms with Crippen LogP contribution in [0.5, 0.6) is 5.75 Å². The topological polar surface area (TPSA) is 64.3 Å². The Hall–Kier alpha value is -1.62. The molecule has 0 radical (unpaired) electrons. The fourth-order valence-electron chi connectivity index (χ4n) is 2.23. The van der Waals surface area contributed by atoms with Crippen LogP contribution in [0.1, 0.15) is 34.1 Å². The van der Waals surface area contributed by atoms with Crippen LogP contribution in [0.15, 0.2) is 24.3 Å². The number of primary amides is 1. The first kappa shape index (κ1) is 16.4. The highest BCUT2D eigenvalue weighted by Gasteiger charge is 2.33. The van der Waals surface area contributed by atoms with E-state index in [0.717, 1.165) is 0 Å². The molecule has 2 unspecified atom stereocenters. The summed E-state index contributed by atoms with van der Waals surface area (Å²) in [4.78, 5) is 11.6. The average molecular weight is 282 g/mol. The van der Waals surface area contributed by atoms with Crippen LogP contribution >= 0.6 is 0 Å². The summed E-state index contributed by atoms with van der Waals surface area (Å²) in [6, 6.07) is 5.92. The summed E-state index contributed by atoms with van der Waals surface area (Å²) in [5.41, 5.74) is 4.63. The quantitative estimate of drug-likeness (QED) is 0.806. The SMILES string of the molecule is CC(C)NC(C)(CC(C)Oc1ccc(F)cc1)C(N)=O.